The van der Waals surface area contributed by atoms with Crippen molar-refractivity contribution in [1.82, 2.24) is 19.7 Å². The van der Waals surface area contributed by atoms with Crippen LogP contribution in [0.15, 0.2) is 24.0 Å². The fourth-order valence-corrected chi connectivity index (χ4v) is 3.04. The van der Waals surface area contributed by atoms with E-state index in [-0.39, 0.29) is 6.04 Å². The highest BCUT2D eigenvalue weighted by Gasteiger charge is 2.11. The monoisotopic (exact) mass is 307 g/mol. The fourth-order valence-electron chi connectivity index (χ4n) is 2.39. The molecule has 1 atom stereocenters. The van der Waals surface area contributed by atoms with Gasteiger partial charge in [-0.15, -0.1) is 11.3 Å². The molecular weight excluding hydrogens is 286 g/mol. The minimum Gasteiger partial charge on any atom is -0.379 e. The van der Waals surface area contributed by atoms with Gasteiger partial charge in [0, 0.05) is 37.4 Å². The first-order valence-electron chi connectivity index (χ1n) is 7.30. The summed E-state index contributed by atoms with van der Waals surface area (Å²) in [6.07, 6.45) is 5.78. The molecule has 1 aliphatic rings. The van der Waals surface area contributed by atoms with Gasteiger partial charge in [0.2, 0.25) is 0 Å². The highest BCUT2D eigenvalue weighted by Crippen LogP contribution is 2.20. The van der Waals surface area contributed by atoms with E-state index >= 15 is 0 Å². The maximum atomic E-state index is 5.36. The van der Waals surface area contributed by atoms with E-state index in [2.05, 4.69) is 33.4 Å². The number of nitrogens with one attached hydrogen (secondary N) is 1. The molecule has 1 fully saturated rings. The molecule has 3 heterocycles. The number of hydrogen-bond acceptors (Lipinski definition) is 6. The van der Waals surface area contributed by atoms with Gasteiger partial charge >= 0.3 is 0 Å². The van der Waals surface area contributed by atoms with E-state index in [1.807, 2.05) is 22.5 Å². The lowest BCUT2D eigenvalue weighted by atomic mass is 10.3. The summed E-state index contributed by atoms with van der Waals surface area (Å²) < 4.78 is 7.35. The van der Waals surface area contributed by atoms with Gasteiger partial charge in [0.05, 0.1) is 37.7 Å². The van der Waals surface area contributed by atoms with E-state index in [1.54, 1.807) is 11.3 Å². The lowest BCUT2D eigenvalue weighted by molar-refractivity contribution is 0.0360. The molecule has 0 saturated carbocycles. The summed E-state index contributed by atoms with van der Waals surface area (Å²) in [5.74, 6) is 0. The van der Waals surface area contributed by atoms with Crippen molar-refractivity contribution in [2.45, 2.75) is 19.5 Å². The van der Waals surface area contributed by atoms with E-state index in [0.717, 1.165) is 50.1 Å². The molecule has 0 amide bonds. The van der Waals surface area contributed by atoms with Crippen molar-refractivity contribution >= 4 is 17.0 Å². The molecule has 0 bridgehead atoms. The smallest absolute Gasteiger partial charge is 0.115 e. The molecule has 114 valence electrons. The highest BCUT2D eigenvalue weighted by molar-refractivity contribution is 7.09. The van der Waals surface area contributed by atoms with Gasteiger partial charge in [-0.25, -0.2) is 4.98 Å². The van der Waals surface area contributed by atoms with Crippen LogP contribution in [-0.2, 0) is 11.3 Å². The van der Waals surface area contributed by atoms with Gasteiger partial charge in [-0.1, -0.05) is 0 Å². The zero-order valence-electron chi connectivity index (χ0n) is 12.2. The van der Waals surface area contributed by atoms with E-state index < -0.39 is 0 Å². The minimum absolute atomic E-state index is 0.210. The Hall–Kier alpha value is -1.44. The molecule has 0 unspecified atom stereocenters. The third-order valence-corrected chi connectivity index (χ3v) is 4.55. The van der Waals surface area contributed by atoms with E-state index in [9.17, 15) is 0 Å². The Morgan fingerprint density at radius 3 is 3.00 bits per heavy atom. The van der Waals surface area contributed by atoms with Crippen molar-refractivity contribution in [2.24, 2.45) is 0 Å². The molecule has 6 nitrogen and oxygen atoms in total. The summed E-state index contributed by atoms with van der Waals surface area (Å²) in [6.45, 7) is 7.78. The van der Waals surface area contributed by atoms with Crippen molar-refractivity contribution in [3.63, 3.8) is 0 Å². The third-order valence-electron chi connectivity index (χ3n) is 3.59. The number of nitrogens with zero attached hydrogens (tertiary/aromatic N) is 4. The first-order valence-corrected chi connectivity index (χ1v) is 8.18. The summed E-state index contributed by atoms with van der Waals surface area (Å²) in [5.41, 5.74) is 1.04. The van der Waals surface area contributed by atoms with Gasteiger partial charge in [0.25, 0.3) is 0 Å². The SMILES string of the molecule is C[C@@H](Nc1cnn(CCN2CCOCC2)c1)c1nccs1. The van der Waals surface area contributed by atoms with Crippen LogP contribution in [0.3, 0.4) is 0 Å². The Morgan fingerprint density at radius 2 is 2.24 bits per heavy atom. The van der Waals surface area contributed by atoms with Crippen LogP contribution < -0.4 is 5.32 Å². The first-order chi connectivity index (χ1) is 10.3. The fraction of sp³-hybridized carbons (Fsp3) is 0.571. The third kappa shape index (κ3) is 4.03. The summed E-state index contributed by atoms with van der Waals surface area (Å²) in [7, 11) is 0. The van der Waals surface area contributed by atoms with Crippen molar-refractivity contribution in [3.8, 4) is 0 Å². The van der Waals surface area contributed by atoms with Crippen LogP contribution in [-0.4, -0.2) is 52.5 Å². The van der Waals surface area contributed by atoms with Crippen molar-refractivity contribution in [3.05, 3.63) is 29.0 Å². The maximum absolute atomic E-state index is 5.36. The highest BCUT2D eigenvalue weighted by atomic mass is 32.1. The first kappa shape index (κ1) is 14.5. The van der Waals surface area contributed by atoms with E-state index in [0.29, 0.717) is 0 Å². The molecule has 1 N–H and O–H groups in total. The van der Waals surface area contributed by atoms with Crippen LogP contribution in [0.2, 0.25) is 0 Å². The number of anilines is 1. The van der Waals surface area contributed by atoms with Gasteiger partial charge in [0.15, 0.2) is 0 Å². The molecular formula is C14H21N5OS. The van der Waals surface area contributed by atoms with Crippen molar-refractivity contribution < 1.29 is 4.74 Å². The molecule has 2 aromatic heterocycles. The normalized spacial score (nSPS) is 17.8. The van der Waals surface area contributed by atoms with E-state index in [4.69, 9.17) is 4.74 Å². The van der Waals surface area contributed by atoms with Crippen molar-refractivity contribution in [2.75, 3.05) is 38.2 Å². The topological polar surface area (TPSA) is 55.2 Å². The number of rotatable bonds is 6. The largest absolute Gasteiger partial charge is 0.379 e. The molecule has 7 heteroatoms. The van der Waals surface area contributed by atoms with Gasteiger partial charge in [-0.3, -0.25) is 9.58 Å². The summed E-state index contributed by atoms with van der Waals surface area (Å²) in [4.78, 5) is 6.74. The van der Waals surface area contributed by atoms with Gasteiger partial charge in [-0.2, -0.15) is 5.10 Å². The van der Waals surface area contributed by atoms with Gasteiger partial charge < -0.3 is 10.1 Å². The Labute approximate surface area is 128 Å². The zero-order valence-corrected chi connectivity index (χ0v) is 13.1. The molecule has 2 aromatic rings. The Bertz CT molecular complexity index is 535. The lowest BCUT2D eigenvalue weighted by Gasteiger charge is -2.26. The van der Waals surface area contributed by atoms with Crippen LogP contribution in [0.25, 0.3) is 0 Å². The average Bonchev–Trinajstić information content (AvgIpc) is 3.18. The quantitative estimate of drug-likeness (QED) is 0.882. The summed E-state index contributed by atoms with van der Waals surface area (Å²) in [5, 5.41) is 10.9. The van der Waals surface area contributed by atoms with Gasteiger partial charge in [-0.05, 0) is 6.92 Å². The second kappa shape index (κ2) is 7.02. The van der Waals surface area contributed by atoms with E-state index in [1.165, 1.54) is 0 Å². The minimum atomic E-state index is 0.210. The molecule has 1 saturated heterocycles. The standard InChI is InChI=1S/C14H21N5OS/c1-12(14-15-2-9-21-14)17-13-10-16-19(11-13)4-3-18-5-7-20-8-6-18/h2,9-12,17H,3-8H2,1H3/t12-/m1/s1. The van der Waals surface area contributed by atoms with Crippen molar-refractivity contribution in [1.29, 1.82) is 0 Å². The predicted molar refractivity (Wildman–Crippen MR) is 83.6 cm³/mol. The lowest BCUT2D eigenvalue weighted by Crippen LogP contribution is -2.38. The van der Waals surface area contributed by atoms with Crippen LogP contribution in [0.1, 0.15) is 18.0 Å². The molecule has 1 aliphatic heterocycles. The number of thiazole rings is 1. The molecule has 0 spiro atoms. The Morgan fingerprint density at radius 1 is 1.38 bits per heavy atom. The molecule has 0 aromatic carbocycles. The maximum Gasteiger partial charge on any atom is 0.115 e. The van der Waals surface area contributed by atoms with Crippen LogP contribution in [0, 0.1) is 0 Å². The van der Waals surface area contributed by atoms with Crippen LogP contribution >= 0.6 is 11.3 Å². The van der Waals surface area contributed by atoms with Gasteiger partial charge in [0.1, 0.15) is 5.01 Å². The zero-order chi connectivity index (χ0) is 14.5. The predicted octanol–water partition coefficient (Wildman–Crippen LogP) is 1.84. The molecule has 0 radical (unpaired) electrons. The number of aromatic nitrogens is 3. The average molecular weight is 307 g/mol. The Kier molecular flexibility index (Phi) is 4.84. The number of ether oxygens (including phenoxy) is 1. The molecule has 0 aliphatic carbocycles. The molecule has 21 heavy (non-hydrogen) atoms. The molecule has 3 rings (SSSR count). The number of hydrogen-bond donors (Lipinski definition) is 1. The Balaban J connectivity index is 1.49. The summed E-state index contributed by atoms with van der Waals surface area (Å²) >= 11 is 1.67. The second-order valence-corrected chi connectivity index (χ2v) is 6.11. The second-order valence-electron chi connectivity index (χ2n) is 5.18. The van der Waals surface area contributed by atoms with Crippen LogP contribution in [0.4, 0.5) is 5.69 Å². The van der Waals surface area contributed by atoms with Crippen LogP contribution in [0.5, 0.6) is 0 Å². The summed E-state index contributed by atoms with van der Waals surface area (Å²) in [6, 6.07) is 0.210. The number of morpholine rings is 1.